The largest absolute Gasteiger partial charge is 0.507 e. The maximum atomic E-state index is 13.9. The number of phenols is 1. The first-order valence-corrected chi connectivity index (χ1v) is 13.1. The van der Waals surface area contributed by atoms with Crippen molar-refractivity contribution in [1.29, 1.82) is 0 Å². The van der Waals surface area contributed by atoms with Gasteiger partial charge in [0.2, 0.25) is 11.8 Å². The Morgan fingerprint density at radius 3 is 2.44 bits per heavy atom. The summed E-state index contributed by atoms with van der Waals surface area (Å²) in [5.41, 5.74) is 3.38. The monoisotopic (exact) mass is 485 g/mol. The molecule has 36 heavy (non-hydrogen) atoms. The molecule has 1 saturated carbocycles. The van der Waals surface area contributed by atoms with E-state index < -0.39 is 17.8 Å². The van der Waals surface area contributed by atoms with Gasteiger partial charge in [0, 0.05) is 34.2 Å². The van der Waals surface area contributed by atoms with Crippen LogP contribution in [-0.2, 0) is 19.2 Å². The molecule has 6 heteroatoms. The molecule has 1 N–H and O–H groups in total. The lowest BCUT2D eigenvalue weighted by atomic mass is 9.59. The molecule has 0 bridgehead atoms. The summed E-state index contributed by atoms with van der Waals surface area (Å²) < 4.78 is 0. The van der Waals surface area contributed by atoms with Crippen molar-refractivity contribution in [2.24, 2.45) is 17.8 Å². The normalized spacial score (nSPS) is 30.7. The summed E-state index contributed by atoms with van der Waals surface area (Å²) in [4.78, 5) is 55.6. The summed E-state index contributed by atoms with van der Waals surface area (Å²) in [6.45, 7) is 3.45. The molecule has 2 amide bonds. The number of para-hydroxylation sites is 1. The molecular weight excluding hydrogens is 454 g/mol. The average Bonchev–Trinajstić information content (AvgIpc) is 3.13. The van der Waals surface area contributed by atoms with Gasteiger partial charge in [0.05, 0.1) is 11.8 Å². The number of imide groups is 1. The SMILES string of the molecule is CC1=CC(=O)C2=C(C[C@@H]3C(=CC[C@@H]4C(=O)N(C5CCCCC5)C(=O)[C@@H]43)[C@@H]2c2cccc(C)c2O)C1=O. The number of phenolic OH excluding ortho intramolecular Hbond substituents is 1. The summed E-state index contributed by atoms with van der Waals surface area (Å²) in [5, 5.41) is 11.0. The number of hydrogen-bond donors (Lipinski definition) is 1. The number of rotatable bonds is 2. The van der Waals surface area contributed by atoms with Crippen molar-refractivity contribution in [3.63, 3.8) is 0 Å². The van der Waals surface area contributed by atoms with Crippen LogP contribution < -0.4 is 0 Å². The molecule has 6 nitrogen and oxygen atoms in total. The summed E-state index contributed by atoms with van der Waals surface area (Å²) in [5.74, 6) is -2.40. The van der Waals surface area contributed by atoms with Crippen molar-refractivity contribution in [3.8, 4) is 5.75 Å². The Hall–Kier alpha value is -3.28. The molecule has 0 aromatic heterocycles. The number of likely N-dealkylation sites (tertiary alicyclic amines) is 1. The zero-order valence-electron chi connectivity index (χ0n) is 20.8. The first kappa shape index (κ1) is 23.1. The number of aryl methyl sites for hydroxylation is 1. The quantitative estimate of drug-likeness (QED) is 0.379. The Morgan fingerprint density at radius 2 is 1.69 bits per heavy atom. The van der Waals surface area contributed by atoms with Crippen LogP contribution >= 0.6 is 0 Å². The van der Waals surface area contributed by atoms with Crippen LogP contribution in [0.4, 0.5) is 0 Å². The fraction of sp³-hybridized carbons (Fsp3) is 0.467. The molecule has 5 aliphatic rings. The number of amides is 2. The molecule has 1 aromatic carbocycles. The van der Waals surface area contributed by atoms with E-state index in [2.05, 4.69) is 0 Å². The first-order chi connectivity index (χ1) is 17.3. The van der Waals surface area contributed by atoms with Gasteiger partial charge >= 0.3 is 0 Å². The average molecular weight is 486 g/mol. The van der Waals surface area contributed by atoms with E-state index >= 15 is 0 Å². The van der Waals surface area contributed by atoms with Gasteiger partial charge in [-0.1, -0.05) is 49.1 Å². The van der Waals surface area contributed by atoms with Crippen LogP contribution in [0, 0.1) is 24.7 Å². The third kappa shape index (κ3) is 3.23. The van der Waals surface area contributed by atoms with Gasteiger partial charge in [-0.2, -0.15) is 0 Å². The second-order valence-electron chi connectivity index (χ2n) is 11.1. The van der Waals surface area contributed by atoms with Crippen LogP contribution in [-0.4, -0.2) is 39.4 Å². The second-order valence-corrected chi connectivity index (χ2v) is 11.1. The zero-order valence-corrected chi connectivity index (χ0v) is 20.8. The van der Waals surface area contributed by atoms with Gasteiger partial charge in [-0.25, -0.2) is 0 Å². The Morgan fingerprint density at radius 1 is 0.944 bits per heavy atom. The van der Waals surface area contributed by atoms with Gasteiger partial charge < -0.3 is 5.11 Å². The summed E-state index contributed by atoms with van der Waals surface area (Å²) in [6.07, 6.45) is 9.01. The minimum atomic E-state index is -0.605. The van der Waals surface area contributed by atoms with Crippen molar-refractivity contribution in [2.45, 2.75) is 70.8 Å². The number of fused-ring (bicyclic) bond motifs is 3. The molecule has 6 rings (SSSR count). The van der Waals surface area contributed by atoms with Gasteiger partial charge in [-0.3, -0.25) is 24.1 Å². The number of nitrogens with zero attached hydrogens (tertiary/aromatic N) is 1. The molecule has 0 spiro atoms. The predicted octanol–water partition coefficient (Wildman–Crippen LogP) is 4.46. The van der Waals surface area contributed by atoms with Gasteiger partial charge in [0.25, 0.3) is 0 Å². The minimum absolute atomic E-state index is 0.0363. The lowest BCUT2D eigenvalue weighted by Crippen LogP contribution is -2.43. The van der Waals surface area contributed by atoms with Gasteiger partial charge in [-0.15, -0.1) is 0 Å². The molecule has 186 valence electrons. The van der Waals surface area contributed by atoms with Gasteiger partial charge in [0.15, 0.2) is 11.6 Å². The highest BCUT2D eigenvalue weighted by Crippen LogP contribution is 2.56. The van der Waals surface area contributed by atoms with Crippen molar-refractivity contribution in [3.05, 3.63) is 63.8 Å². The van der Waals surface area contributed by atoms with E-state index in [4.69, 9.17) is 0 Å². The fourth-order valence-corrected chi connectivity index (χ4v) is 7.38. The van der Waals surface area contributed by atoms with E-state index in [1.165, 1.54) is 6.08 Å². The maximum absolute atomic E-state index is 13.9. The smallest absolute Gasteiger partial charge is 0.233 e. The van der Waals surface area contributed by atoms with Crippen molar-refractivity contribution in [1.82, 2.24) is 4.90 Å². The van der Waals surface area contributed by atoms with Crippen molar-refractivity contribution >= 4 is 23.4 Å². The zero-order chi connectivity index (χ0) is 25.3. The highest BCUT2D eigenvalue weighted by Gasteiger charge is 2.57. The van der Waals surface area contributed by atoms with Gasteiger partial charge in [0.1, 0.15) is 5.75 Å². The fourth-order valence-electron chi connectivity index (χ4n) is 7.38. The third-order valence-electron chi connectivity index (χ3n) is 9.12. The highest BCUT2D eigenvalue weighted by atomic mass is 16.3. The van der Waals surface area contributed by atoms with Crippen LogP contribution in [0.15, 0.2) is 52.6 Å². The maximum Gasteiger partial charge on any atom is 0.233 e. The number of hydrogen-bond acceptors (Lipinski definition) is 5. The number of carbonyl (C=O) groups is 4. The first-order valence-electron chi connectivity index (χ1n) is 13.1. The van der Waals surface area contributed by atoms with E-state index in [9.17, 15) is 24.3 Å². The summed E-state index contributed by atoms with van der Waals surface area (Å²) in [6, 6.07) is 5.40. The van der Waals surface area contributed by atoms with E-state index in [-0.39, 0.29) is 47.5 Å². The van der Waals surface area contributed by atoms with Crippen LogP contribution in [0.1, 0.15) is 68.9 Å². The molecular formula is C30H31NO5. The Kier molecular flexibility index (Phi) is 5.39. The lowest BCUT2D eigenvalue weighted by molar-refractivity contribution is -0.143. The van der Waals surface area contributed by atoms with E-state index in [0.717, 1.165) is 37.7 Å². The standard InChI is InChI=1S/C30H31NO5/c1-15-7-6-10-19(27(15)33)24-18-11-12-20-25(30(36)31(29(20)35)17-8-4-3-5-9-17)21(18)14-22-26(24)23(32)13-16(2)28(22)34/h6-7,10-11,13,17,20-21,24-25,33H,3-5,8-9,12,14H2,1-2H3/t20-,21+,24+,25-/m0/s1. The molecule has 4 atom stereocenters. The van der Waals surface area contributed by atoms with Crippen LogP contribution in [0.5, 0.6) is 5.75 Å². The third-order valence-corrected chi connectivity index (χ3v) is 9.12. The molecule has 0 unspecified atom stereocenters. The number of ketones is 2. The molecule has 1 saturated heterocycles. The van der Waals surface area contributed by atoms with Crippen molar-refractivity contribution < 1.29 is 24.3 Å². The van der Waals surface area contributed by atoms with E-state index in [1.807, 2.05) is 12.1 Å². The molecule has 0 radical (unpaired) electrons. The van der Waals surface area contributed by atoms with Crippen LogP contribution in [0.3, 0.4) is 0 Å². The summed E-state index contributed by atoms with van der Waals surface area (Å²) >= 11 is 0. The molecule has 1 heterocycles. The highest BCUT2D eigenvalue weighted by molar-refractivity contribution is 6.23. The number of Topliss-reactive ketones (excluding diaryl/α,β-unsaturated/α-hetero) is 1. The molecule has 1 aromatic rings. The number of allylic oxidation sites excluding steroid dienone is 6. The van der Waals surface area contributed by atoms with Crippen LogP contribution in [0.25, 0.3) is 0 Å². The topological polar surface area (TPSA) is 91.8 Å². The van der Waals surface area contributed by atoms with E-state index in [1.54, 1.807) is 30.9 Å². The predicted molar refractivity (Wildman–Crippen MR) is 133 cm³/mol. The molecule has 2 fully saturated rings. The van der Waals surface area contributed by atoms with E-state index in [0.29, 0.717) is 34.3 Å². The van der Waals surface area contributed by atoms with Crippen LogP contribution in [0.2, 0.25) is 0 Å². The number of carbonyl (C=O) groups excluding carboxylic acids is 4. The Labute approximate surface area is 210 Å². The second kappa shape index (κ2) is 8.39. The van der Waals surface area contributed by atoms with Crippen molar-refractivity contribution in [2.75, 3.05) is 0 Å². The minimum Gasteiger partial charge on any atom is -0.507 e. The lowest BCUT2D eigenvalue weighted by Gasteiger charge is -2.42. The molecule has 1 aliphatic heterocycles. The number of benzene rings is 1. The Balaban J connectivity index is 1.48. The van der Waals surface area contributed by atoms with Gasteiger partial charge in [-0.05, 0) is 57.1 Å². The molecule has 4 aliphatic carbocycles. The summed E-state index contributed by atoms with van der Waals surface area (Å²) in [7, 11) is 0. The Bertz CT molecular complexity index is 1310. The number of aromatic hydroxyl groups is 1.